The number of halogens is 16. The molecular formula is C82H61BBr4F12N5S. The minimum atomic E-state index is -5.82. The van der Waals surface area contributed by atoms with Gasteiger partial charge in [0.15, 0.2) is 0 Å². The van der Waals surface area contributed by atoms with Crippen LogP contribution in [-0.2, 0) is 10.8 Å². The van der Waals surface area contributed by atoms with E-state index in [0.717, 1.165) is 66.4 Å². The normalized spacial score (nSPS) is 11.9. The predicted molar refractivity (Wildman–Crippen MR) is 417 cm³/mol. The van der Waals surface area contributed by atoms with Crippen LogP contribution in [0.4, 0.5) is 121 Å². The van der Waals surface area contributed by atoms with Gasteiger partial charge in [-0.2, -0.15) is 52.7 Å². The molecule has 0 N–H and O–H groups in total. The first-order valence-electron chi connectivity index (χ1n) is 32.0. The molecule has 12 aromatic carbocycles. The van der Waals surface area contributed by atoms with Crippen molar-refractivity contribution in [2.45, 2.75) is 63.2 Å². The molecule has 0 aromatic heterocycles. The summed E-state index contributed by atoms with van der Waals surface area (Å²) in [7, 11) is 4.34. The Labute approximate surface area is 641 Å². The van der Waals surface area contributed by atoms with E-state index in [4.69, 9.17) is 0 Å². The second-order valence-electron chi connectivity index (χ2n) is 24.2. The van der Waals surface area contributed by atoms with Gasteiger partial charge in [-0.05, 0) is 242 Å². The van der Waals surface area contributed by atoms with Crippen LogP contribution in [0.25, 0.3) is 0 Å². The fourth-order valence-electron chi connectivity index (χ4n) is 12.7. The Morgan fingerprint density at radius 2 is 0.410 bits per heavy atom. The summed E-state index contributed by atoms with van der Waals surface area (Å²) in [4.78, 5) is 6.64. The maximum absolute atomic E-state index is 15.8. The van der Waals surface area contributed by atoms with Gasteiger partial charge < -0.3 is 19.6 Å². The monoisotopic (exact) mass is 1700 g/mol. The third-order valence-electron chi connectivity index (χ3n) is 17.6. The van der Waals surface area contributed by atoms with Crippen molar-refractivity contribution in [2.75, 3.05) is 19.6 Å². The van der Waals surface area contributed by atoms with E-state index in [1.807, 2.05) is 0 Å². The summed E-state index contributed by atoms with van der Waals surface area (Å²) in [5.41, 5.74) is -5.48. The number of thiol groups is 1. The van der Waals surface area contributed by atoms with Gasteiger partial charge in [-0.15, -0.1) is 0 Å². The van der Waals surface area contributed by atoms with E-state index in [-0.39, 0.29) is 22.7 Å². The molecule has 5 nitrogen and oxygen atoms in total. The Morgan fingerprint density at radius 3 is 0.562 bits per heavy atom. The predicted octanol–water partition coefficient (Wildman–Crippen LogP) is 28.5. The quantitative estimate of drug-likeness (QED) is 0.0592. The maximum atomic E-state index is 15.8. The van der Waals surface area contributed by atoms with Gasteiger partial charge in [0.1, 0.15) is 0 Å². The van der Waals surface area contributed by atoms with Crippen LogP contribution < -0.4 is 19.6 Å². The van der Waals surface area contributed by atoms with Crippen LogP contribution in [0.1, 0.15) is 44.5 Å². The van der Waals surface area contributed by atoms with E-state index >= 15 is 52.7 Å². The van der Waals surface area contributed by atoms with E-state index < -0.39 is 57.8 Å². The molecule has 0 heterocycles. The van der Waals surface area contributed by atoms with Gasteiger partial charge in [0.2, 0.25) is 10.8 Å². The molecule has 0 saturated carbocycles. The number of hydrogen-bond donors (Lipinski definition) is 1. The first kappa shape index (κ1) is 78.7. The van der Waals surface area contributed by atoms with Gasteiger partial charge in [-0.1, -0.05) is 185 Å². The van der Waals surface area contributed by atoms with Crippen molar-refractivity contribution in [1.29, 1.82) is 0 Å². The van der Waals surface area contributed by atoms with Gasteiger partial charge in [-0.3, -0.25) is 0 Å². The Kier molecular flexibility index (Phi) is 24.6. The third-order valence-corrected chi connectivity index (χ3v) is 19.7. The Morgan fingerprint density at radius 1 is 0.257 bits per heavy atom. The minimum absolute atomic E-state index is 0.156. The summed E-state index contributed by atoms with van der Waals surface area (Å²) in [6.45, 7) is 6.65. The fraction of sp³-hybridized carbons (Fsp3) is 0.122. The van der Waals surface area contributed by atoms with Gasteiger partial charge in [0, 0.05) is 86.1 Å². The Bertz CT molecular complexity index is 4450. The molecule has 0 atom stereocenters. The zero-order valence-electron chi connectivity index (χ0n) is 56.0. The van der Waals surface area contributed by atoms with Crippen LogP contribution in [0.5, 0.6) is 0 Å². The number of benzene rings is 12. The number of anilines is 12. The molecule has 12 aromatic rings. The number of alkyl halides is 12. The summed E-state index contributed by atoms with van der Waals surface area (Å²) in [6.07, 6.45) is -23.2. The van der Waals surface area contributed by atoms with Crippen molar-refractivity contribution in [3.8, 4) is 0 Å². The molecule has 0 saturated heterocycles. The van der Waals surface area contributed by atoms with Gasteiger partial charge >= 0.3 is 49.5 Å². The van der Waals surface area contributed by atoms with E-state index in [9.17, 15) is 0 Å². The summed E-state index contributed by atoms with van der Waals surface area (Å²) in [6, 6.07) is 76.4. The van der Waals surface area contributed by atoms with Crippen molar-refractivity contribution in [3.63, 3.8) is 0 Å². The van der Waals surface area contributed by atoms with Crippen molar-refractivity contribution >= 4 is 152 Å². The molecule has 1 radical (unpaired) electrons. The second-order valence-corrected chi connectivity index (χ2v) is 28.1. The molecular weight excluding hydrogens is 1650 g/mol. The topological polar surface area (TPSA) is 25.3 Å². The second kappa shape index (κ2) is 32.9. The molecule has 0 unspecified atom stereocenters. The third kappa shape index (κ3) is 16.6. The molecule has 0 bridgehead atoms. The van der Waals surface area contributed by atoms with Crippen LogP contribution in [0.3, 0.4) is 0 Å². The molecule has 12 rings (SSSR count). The number of hydrogen-bond acceptors (Lipinski definition) is 6. The summed E-state index contributed by atoms with van der Waals surface area (Å²) >= 11 is 16.8. The summed E-state index contributed by atoms with van der Waals surface area (Å²) in [5.74, 6) is 0. The zero-order chi connectivity index (χ0) is 75.8. The van der Waals surface area contributed by atoms with Crippen LogP contribution in [0.2, 0.25) is 0 Å². The van der Waals surface area contributed by atoms with Crippen molar-refractivity contribution in [3.05, 3.63) is 354 Å². The molecule has 0 spiro atoms. The fourth-order valence-corrected chi connectivity index (χ4v) is 13.7. The Balaban J connectivity index is 0.000000218. The van der Waals surface area contributed by atoms with E-state index in [1.165, 1.54) is 24.3 Å². The molecule has 0 aliphatic carbocycles. The van der Waals surface area contributed by atoms with Crippen molar-refractivity contribution in [2.24, 2.45) is 4.30 Å². The number of para-hydroxylation sites is 4. The average Bonchev–Trinajstić information content (AvgIpc) is 0.714. The van der Waals surface area contributed by atoms with Crippen LogP contribution in [-0.4, -0.2) is 32.3 Å². The molecule has 0 aliphatic rings. The zero-order valence-corrected chi connectivity index (χ0v) is 63.3. The molecule has 0 fully saturated rings. The number of nitrogens with zero attached hydrogens (tertiary/aromatic N) is 5. The standard InChI is InChI=1S/C41H28Br4F6N2.C41H32F6N2.BHNS/c1-25-3-5-27(23-37(25)52(33-15-7-29(42)8-16-33)34-17-9-30(43)10-18-34)39(40(46,47)48,41(49,50)51)28-6-4-26(2)38(24-28)53(35-19-11-31(44)12-20-35)36-21-13-32(45)14-22-36;1-29-23-25-31(27-37(29)48(33-15-7-3-8-16-33)34-17-9-4-10-18-34)39(40(42,43)44,41(45,46)47)32-26-24-30(2)38(28-32)49(35-19-11-5-12-20-35)36-21-13-6-14-22-36;1-2-3/h3-24H,1-2H3;3-28H,1-2H3;3H. The molecule has 105 heavy (non-hydrogen) atoms. The molecule has 535 valence electrons. The average molecular weight is 1710 g/mol. The molecule has 23 heteroatoms. The number of aryl methyl sites for hydroxylation is 4. The van der Waals surface area contributed by atoms with Crippen LogP contribution >= 0.6 is 76.5 Å². The van der Waals surface area contributed by atoms with Crippen LogP contribution in [0.15, 0.2) is 313 Å². The summed E-state index contributed by atoms with van der Waals surface area (Å²) in [5, 5.41) is 0. The van der Waals surface area contributed by atoms with E-state index in [0.29, 0.717) is 67.8 Å². The van der Waals surface area contributed by atoms with Gasteiger partial charge in [0.05, 0.1) is 0 Å². The molecule has 0 amide bonds. The first-order chi connectivity index (χ1) is 49.9. The van der Waals surface area contributed by atoms with Crippen LogP contribution in [0, 0.1) is 27.7 Å². The first-order valence-corrected chi connectivity index (χ1v) is 35.6. The Hall–Kier alpha value is -8.87. The summed E-state index contributed by atoms with van der Waals surface area (Å²) < 4.78 is 195. The van der Waals surface area contributed by atoms with Crippen molar-refractivity contribution < 1.29 is 52.7 Å². The molecule has 0 aliphatic heterocycles. The SMILES string of the molecule is Cc1ccc(C(c2ccc(C)c(N(c3ccc(Br)cc3)c3ccc(Br)cc3)c2)(C(F)(F)F)C(F)(F)F)cc1N(c1ccc(Br)cc1)c1ccc(Br)cc1.Cc1ccc(C(c2ccc(C)c(N(c3ccccc3)c3ccccc3)c2)(C(F)(F)F)C(F)(F)F)cc1N(c1ccccc1)c1ccccc1.[B]=NS. The van der Waals surface area contributed by atoms with E-state index in [2.05, 4.69) is 88.5 Å². The van der Waals surface area contributed by atoms with Gasteiger partial charge in [0.25, 0.3) is 0 Å². The van der Waals surface area contributed by atoms with E-state index in [1.54, 1.807) is 266 Å². The van der Waals surface area contributed by atoms with Gasteiger partial charge in [-0.25, -0.2) is 0 Å². The van der Waals surface area contributed by atoms with Crippen molar-refractivity contribution in [1.82, 2.24) is 0 Å². The number of rotatable bonds is 16.